The van der Waals surface area contributed by atoms with Gasteiger partial charge in [-0.05, 0) is 50.1 Å². The Hall–Kier alpha value is -0.820. The van der Waals surface area contributed by atoms with Crippen LogP contribution in [0.5, 0.6) is 0 Å². The molecule has 0 saturated heterocycles. The summed E-state index contributed by atoms with van der Waals surface area (Å²) in [5.74, 6) is 1.58. The van der Waals surface area contributed by atoms with E-state index in [-0.39, 0.29) is 0 Å². The molecule has 2 rings (SSSR count). The number of aryl methyl sites for hydroxylation is 1. The van der Waals surface area contributed by atoms with Gasteiger partial charge in [0.25, 0.3) is 0 Å². The molecule has 1 fully saturated rings. The summed E-state index contributed by atoms with van der Waals surface area (Å²) in [5, 5.41) is 3.71. The third kappa shape index (κ3) is 4.13. The van der Waals surface area contributed by atoms with Gasteiger partial charge in [0.05, 0.1) is 0 Å². The zero-order valence-corrected chi connectivity index (χ0v) is 12.1. The molecule has 2 unspecified atom stereocenters. The van der Waals surface area contributed by atoms with Crippen molar-refractivity contribution in [1.29, 1.82) is 0 Å². The highest BCUT2D eigenvalue weighted by molar-refractivity contribution is 5.22. The Balaban J connectivity index is 1.94. The fourth-order valence-electron chi connectivity index (χ4n) is 2.56. The van der Waals surface area contributed by atoms with Crippen molar-refractivity contribution in [3.63, 3.8) is 0 Å². The minimum absolute atomic E-state index is 0.775. The molecule has 1 heteroatoms. The van der Waals surface area contributed by atoms with Gasteiger partial charge in [0.2, 0.25) is 0 Å². The van der Waals surface area contributed by atoms with Crippen LogP contribution in [0.25, 0.3) is 0 Å². The molecule has 0 bridgehead atoms. The summed E-state index contributed by atoms with van der Waals surface area (Å²) in [6, 6.07) is 9.82. The molecule has 0 radical (unpaired) electrons. The highest BCUT2D eigenvalue weighted by Crippen LogP contribution is 2.23. The molecule has 1 N–H and O–H groups in total. The van der Waals surface area contributed by atoms with Crippen LogP contribution >= 0.6 is 0 Å². The number of hydrogen-bond donors (Lipinski definition) is 1. The molecule has 18 heavy (non-hydrogen) atoms. The minimum Gasteiger partial charge on any atom is -0.314 e. The lowest BCUT2D eigenvalue weighted by Gasteiger charge is -2.24. The maximum atomic E-state index is 3.71. The van der Waals surface area contributed by atoms with Crippen molar-refractivity contribution in [3.05, 3.63) is 35.4 Å². The molecule has 1 aliphatic carbocycles. The minimum atomic E-state index is 0.775. The van der Waals surface area contributed by atoms with Gasteiger partial charge >= 0.3 is 0 Å². The Kier molecular flexibility index (Phi) is 4.82. The van der Waals surface area contributed by atoms with Crippen molar-refractivity contribution in [3.8, 4) is 0 Å². The summed E-state index contributed by atoms with van der Waals surface area (Å²) in [5.41, 5.74) is 2.88. The predicted molar refractivity (Wildman–Crippen MR) is 78.9 cm³/mol. The van der Waals surface area contributed by atoms with E-state index in [4.69, 9.17) is 0 Å². The first-order valence-corrected chi connectivity index (χ1v) is 7.48. The zero-order valence-electron chi connectivity index (χ0n) is 12.1. The lowest BCUT2D eigenvalue weighted by atomic mass is 9.86. The number of benzene rings is 1. The average molecular weight is 245 g/mol. The number of rotatable bonds is 7. The lowest BCUT2D eigenvalue weighted by Crippen LogP contribution is -2.30. The summed E-state index contributed by atoms with van der Waals surface area (Å²) >= 11 is 0. The summed E-state index contributed by atoms with van der Waals surface area (Å²) in [6.45, 7) is 8.08. The van der Waals surface area contributed by atoms with Crippen LogP contribution in [0.3, 0.4) is 0 Å². The van der Waals surface area contributed by atoms with Gasteiger partial charge in [0.15, 0.2) is 0 Å². The second kappa shape index (κ2) is 6.38. The van der Waals surface area contributed by atoms with Crippen LogP contribution in [0.1, 0.15) is 44.2 Å². The van der Waals surface area contributed by atoms with Crippen LogP contribution in [-0.4, -0.2) is 12.6 Å². The molecular weight excluding hydrogens is 218 g/mol. The van der Waals surface area contributed by atoms with Gasteiger partial charge in [-0.2, -0.15) is 0 Å². The lowest BCUT2D eigenvalue weighted by molar-refractivity contribution is 0.328. The molecular formula is C17H27N. The zero-order chi connectivity index (χ0) is 13.0. The highest BCUT2D eigenvalue weighted by Gasteiger charge is 2.23. The van der Waals surface area contributed by atoms with Gasteiger partial charge in [-0.1, -0.05) is 50.1 Å². The van der Waals surface area contributed by atoms with Gasteiger partial charge in [-0.25, -0.2) is 0 Å². The summed E-state index contributed by atoms with van der Waals surface area (Å²) in [6.07, 6.45) is 5.27. The Labute approximate surface area is 112 Å². The molecule has 0 aromatic heterocycles. The maximum absolute atomic E-state index is 3.71. The first-order chi connectivity index (χ1) is 8.69. The van der Waals surface area contributed by atoms with Crippen molar-refractivity contribution in [2.45, 2.75) is 52.5 Å². The molecule has 0 spiro atoms. The summed E-state index contributed by atoms with van der Waals surface area (Å²) in [4.78, 5) is 0. The Bertz CT molecular complexity index is 368. The fraction of sp³-hybridized carbons (Fsp3) is 0.647. The molecule has 2 atom stereocenters. The molecule has 1 aromatic rings. The van der Waals surface area contributed by atoms with E-state index in [2.05, 4.69) is 50.4 Å². The van der Waals surface area contributed by atoms with Gasteiger partial charge < -0.3 is 5.32 Å². The monoisotopic (exact) mass is 245 g/mol. The number of nitrogens with one attached hydrogen (secondary N) is 1. The van der Waals surface area contributed by atoms with Crippen molar-refractivity contribution < 1.29 is 0 Å². The first-order valence-electron chi connectivity index (χ1n) is 7.48. The molecule has 1 aliphatic rings. The van der Waals surface area contributed by atoms with Gasteiger partial charge in [-0.3, -0.25) is 0 Å². The van der Waals surface area contributed by atoms with Crippen molar-refractivity contribution in [2.75, 3.05) is 6.54 Å². The molecule has 0 amide bonds. The molecule has 100 valence electrons. The maximum Gasteiger partial charge on any atom is 0.00683 e. The first kappa shape index (κ1) is 13.6. The van der Waals surface area contributed by atoms with E-state index in [1.54, 1.807) is 0 Å². The van der Waals surface area contributed by atoms with E-state index >= 15 is 0 Å². The van der Waals surface area contributed by atoms with E-state index < -0.39 is 0 Å². The molecule has 1 nitrogen and oxygen atoms in total. The molecule has 0 aliphatic heterocycles. The smallest absolute Gasteiger partial charge is 0.00683 e. The van der Waals surface area contributed by atoms with Gasteiger partial charge in [0.1, 0.15) is 0 Å². The second-order valence-corrected chi connectivity index (χ2v) is 6.02. The molecule has 1 aromatic carbocycles. The van der Waals surface area contributed by atoms with Crippen LogP contribution < -0.4 is 5.32 Å². The topological polar surface area (TPSA) is 12.0 Å². The molecule has 0 heterocycles. The summed E-state index contributed by atoms with van der Waals surface area (Å²) in [7, 11) is 0. The average Bonchev–Trinajstić information content (AvgIpc) is 3.17. The quantitative estimate of drug-likeness (QED) is 0.767. The summed E-state index contributed by atoms with van der Waals surface area (Å²) < 4.78 is 0. The van der Waals surface area contributed by atoms with E-state index in [9.17, 15) is 0 Å². The van der Waals surface area contributed by atoms with Gasteiger partial charge in [0, 0.05) is 6.04 Å². The number of hydrogen-bond acceptors (Lipinski definition) is 1. The third-order valence-corrected chi connectivity index (χ3v) is 4.28. The SMILES string of the molecule is CCC(C)C(CNC1CC1)Cc1cccc(C)c1. The van der Waals surface area contributed by atoms with E-state index in [1.165, 1.54) is 43.4 Å². The van der Waals surface area contributed by atoms with Crippen LogP contribution in [0.4, 0.5) is 0 Å². The van der Waals surface area contributed by atoms with Crippen molar-refractivity contribution in [2.24, 2.45) is 11.8 Å². The van der Waals surface area contributed by atoms with Crippen LogP contribution in [0, 0.1) is 18.8 Å². The second-order valence-electron chi connectivity index (χ2n) is 6.02. The third-order valence-electron chi connectivity index (χ3n) is 4.28. The Morgan fingerprint density at radius 3 is 2.72 bits per heavy atom. The van der Waals surface area contributed by atoms with Crippen LogP contribution in [0.2, 0.25) is 0 Å². The van der Waals surface area contributed by atoms with E-state index in [1.807, 2.05) is 0 Å². The molecule has 1 saturated carbocycles. The van der Waals surface area contributed by atoms with Crippen LogP contribution in [-0.2, 0) is 6.42 Å². The Morgan fingerprint density at radius 1 is 1.33 bits per heavy atom. The van der Waals surface area contributed by atoms with Crippen LogP contribution in [0.15, 0.2) is 24.3 Å². The fourth-order valence-corrected chi connectivity index (χ4v) is 2.56. The van der Waals surface area contributed by atoms with Crippen molar-refractivity contribution in [1.82, 2.24) is 5.32 Å². The van der Waals surface area contributed by atoms with E-state index in [0.717, 1.165) is 17.9 Å². The highest BCUT2D eigenvalue weighted by atomic mass is 14.9. The largest absolute Gasteiger partial charge is 0.314 e. The van der Waals surface area contributed by atoms with E-state index in [0.29, 0.717) is 0 Å². The Morgan fingerprint density at radius 2 is 2.11 bits per heavy atom. The van der Waals surface area contributed by atoms with Crippen molar-refractivity contribution >= 4 is 0 Å². The predicted octanol–water partition coefficient (Wildman–Crippen LogP) is 3.95. The standard InChI is InChI=1S/C17H27N/c1-4-14(3)16(12-18-17-8-9-17)11-15-7-5-6-13(2)10-15/h5-7,10,14,16-18H,4,8-9,11-12H2,1-3H3. The normalized spacial score (nSPS) is 18.6. The van der Waals surface area contributed by atoms with Gasteiger partial charge in [-0.15, -0.1) is 0 Å².